The predicted molar refractivity (Wildman–Crippen MR) is 149 cm³/mol. The van der Waals surface area contributed by atoms with E-state index in [1.165, 1.54) is 30.5 Å². The van der Waals surface area contributed by atoms with Crippen LogP contribution in [-0.2, 0) is 16.2 Å². The second kappa shape index (κ2) is 12.5. The summed E-state index contributed by atoms with van der Waals surface area (Å²) in [4.78, 5) is 24.2. The molecule has 0 bridgehead atoms. The molecule has 38 heavy (non-hydrogen) atoms. The lowest BCUT2D eigenvalue weighted by atomic mass is 10.1. The van der Waals surface area contributed by atoms with Gasteiger partial charge in [-0.15, -0.1) is 0 Å². The summed E-state index contributed by atoms with van der Waals surface area (Å²) < 4.78 is 12.6. The number of nitrogens with zero attached hydrogens (tertiary/aromatic N) is 2. The van der Waals surface area contributed by atoms with Crippen LogP contribution in [0.1, 0.15) is 23.6 Å². The number of amides is 2. The van der Waals surface area contributed by atoms with Crippen molar-refractivity contribution in [2.45, 2.75) is 13.5 Å². The van der Waals surface area contributed by atoms with Crippen LogP contribution in [0.15, 0.2) is 88.4 Å². The Bertz CT molecular complexity index is 1540. The minimum atomic E-state index is -0.940. The van der Waals surface area contributed by atoms with Crippen LogP contribution in [0.2, 0.25) is 0 Å². The van der Waals surface area contributed by atoms with Crippen LogP contribution in [0, 0.1) is 11.3 Å². The van der Waals surface area contributed by atoms with Crippen molar-refractivity contribution in [2.75, 3.05) is 11.9 Å². The lowest BCUT2D eigenvalue weighted by molar-refractivity contribution is -0.136. The molecule has 2 amide bonds. The number of carbonyl (C=O) groups is 2. The Labute approximate surface area is 228 Å². The van der Waals surface area contributed by atoms with E-state index in [0.29, 0.717) is 46.0 Å². The predicted octanol–water partition coefficient (Wildman–Crippen LogP) is 5.54. The summed E-state index contributed by atoms with van der Waals surface area (Å²) in [5, 5.41) is 17.4. The van der Waals surface area contributed by atoms with Gasteiger partial charge in [0.2, 0.25) is 0 Å². The molecule has 4 aromatic carbocycles. The third kappa shape index (κ3) is 6.55. The molecule has 8 nitrogen and oxygen atoms in total. The monoisotopic (exact) mass is 570 g/mol. The van der Waals surface area contributed by atoms with Gasteiger partial charge in [0.25, 0.3) is 0 Å². The maximum Gasteiger partial charge on any atom is 0.329 e. The van der Waals surface area contributed by atoms with Gasteiger partial charge < -0.3 is 14.8 Å². The van der Waals surface area contributed by atoms with Crippen LogP contribution >= 0.6 is 15.9 Å². The van der Waals surface area contributed by atoms with Gasteiger partial charge in [-0.25, -0.2) is 5.43 Å². The van der Waals surface area contributed by atoms with Crippen molar-refractivity contribution in [3.63, 3.8) is 0 Å². The van der Waals surface area contributed by atoms with Crippen molar-refractivity contribution in [2.24, 2.45) is 5.10 Å². The summed E-state index contributed by atoms with van der Waals surface area (Å²) in [6, 6.07) is 25.8. The Balaban J connectivity index is 1.42. The number of hydrazone groups is 1. The number of benzene rings is 4. The van der Waals surface area contributed by atoms with Gasteiger partial charge in [-0.05, 0) is 81.2 Å². The lowest BCUT2D eigenvalue weighted by Crippen LogP contribution is -2.32. The second-order valence-corrected chi connectivity index (χ2v) is 8.89. The number of nitriles is 1. The average molecular weight is 571 g/mol. The van der Waals surface area contributed by atoms with Gasteiger partial charge in [0.05, 0.1) is 28.9 Å². The van der Waals surface area contributed by atoms with Crippen LogP contribution in [0.3, 0.4) is 0 Å². The molecule has 0 aliphatic carbocycles. The molecule has 0 aliphatic rings. The molecule has 4 aromatic rings. The van der Waals surface area contributed by atoms with Gasteiger partial charge in [-0.3, -0.25) is 9.59 Å². The summed E-state index contributed by atoms with van der Waals surface area (Å²) >= 11 is 3.54. The number of hydrogen-bond acceptors (Lipinski definition) is 6. The molecular weight excluding hydrogens is 548 g/mol. The SMILES string of the molecule is CCOc1cc(/C=N/NC(=O)C(=O)Nc2ccc(C#N)cc2)cc(Br)c1OCc1cccc2ccccc12. The third-order valence-electron chi connectivity index (χ3n) is 5.44. The molecule has 4 rings (SSSR count). The van der Waals surface area contributed by atoms with E-state index in [1.807, 2.05) is 37.3 Å². The highest BCUT2D eigenvalue weighted by atomic mass is 79.9. The first-order valence-corrected chi connectivity index (χ1v) is 12.5. The Morgan fingerprint density at radius 3 is 2.53 bits per heavy atom. The van der Waals surface area contributed by atoms with Crippen LogP contribution in [-0.4, -0.2) is 24.6 Å². The molecule has 9 heteroatoms. The minimum Gasteiger partial charge on any atom is -0.490 e. The zero-order valence-electron chi connectivity index (χ0n) is 20.4. The number of anilines is 1. The number of hydrogen-bond donors (Lipinski definition) is 2. The fourth-order valence-corrected chi connectivity index (χ4v) is 4.24. The average Bonchev–Trinajstić information content (AvgIpc) is 2.93. The van der Waals surface area contributed by atoms with E-state index < -0.39 is 11.8 Å². The Morgan fingerprint density at radius 1 is 1.00 bits per heavy atom. The fourth-order valence-electron chi connectivity index (χ4n) is 3.67. The van der Waals surface area contributed by atoms with Gasteiger partial charge in [-0.1, -0.05) is 42.5 Å². The summed E-state index contributed by atoms with van der Waals surface area (Å²) in [5.74, 6) is -0.777. The highest BCUT2D eigenvalue weighted by Crippen LogP contribution is 2.37. The number of fused-ring (bicyclic) bond motifs is 1. The van der Waals surface area contributed by atoms with Crippen molar-refractivity contribution >= 4 is 50.4 Å². The van der Waals surface area contributed by atoms with Crippen molar-refractivity contribution < 1.29 is 19.1 Å². The molecule has 2 N–H and O–H groups in total. The third-order valence-corrected chi connectivity index (χ3v) is 6.03. The molecule has 0 aromatic heterocycles. The molecule has 0 spiro atoms. The highest BCUT2D eigenvalue weighted by molar-refractivity contribution is 9.10. The topological polar surface area (TPSA) is 113 Å². The van der Waals surface area contributed by atoms with E-state index in [-0.39, 0.29) is 0 Å². The zero-order chi connectivity index (χ0) is 26.9. The molecule has 0 heterocycles. The number of rotatable bonds is 8. The van der Waals surface area contributed by atoms with Crippen molar-refractivity contribution in [1.29, 1.82) is 5.26 Å². The van der Waals surface area contributed by atoms with Crippen LogP contribution in [0.25, 0.3) is 10.8 Å². The lowest BCUT2D eigenvalue weighted by Gasteiger charge is -2.15. The Morgan fingerprint density at radius 2 is 1.76 bits per heavy atom. The van der Waals surface area contributed by atoms with E-state index in [0.717, 1.165) is 16.3 Å². The van der Waals surface area contributed by atoms with Gasteiger partial charge in [-0.2, -0.15) is 10.4 Å². The van der Waals surface area contributed by atoms with E-state index in [2.05, 4.69) is 50.0 Å². The molecule has 190 valence electrons. The van der Waals surface area contributed by atoms with E-state index >= 15 is 0 Å². The maximum absolute atomic E-state index is 12.1. The largest absolute Gasteiger partial charge is 0.490 e. The molecule has 0 radical (unpaired) electrons. The quantitative estimate of drug-likeness (QED) is 0.164. The first-order valence-electron chi connectivity index (χ1n) is 11.7. The molecule has 0 unspecified atom stereocenters. The van der Waals surface area contributed by atoms with E-state index in [4.69, 9.17) is 14.7 Å². The fraction of sp³-hybridized carbons (Fsp3) is 0.103. The molecular formula is C29H23BrN4O4. The summed E-state index contributed by atoms with van der Waals surface area (Å²) in [6.07, 6.45) is 1.40. The van der Waals surface area contributed by atoms with Crippen molar-refractivity contribution in [3.8, 4) is 17.6 Å². The Hall–Kier alpha value is -4.68. The highest BCUT2D eigenvalue weighted by Gasteiger charge is 2.15. The van der Waals surface area contributed by atoms with Gasteiger partial charge in [0.1, 0.15) is 6.61 Å². The standard InChI is InChI=1S/C29H23BrN4O4/c1-2-37-26-15-20(17-32-34-29(36)28(35)33-23-12-10-19(16-31)11-13-23)14-25(30)27(26)38-18-22-8-5-7-21-6-3-4-9-24(21)22/h3-15,17H,2,18H2,1H3,(H,33,35)(H,34,36)/b32-17+. The van der Waals surface area contributed by atoms with E-state index in [9.17, 15) is 9.59 Å². The molecule has 0 aliphatic heterocycles. The normalized spacial score (nSPS) is 10.7. The van der Waals surface area contributed by atoms with Gasteiger partial charge in [0.15, 0.2) is 11.5 Å². The second-order valence-electron chi connectivity index (χ2n) is 8.03. The molecule has 0 fully saturated rings. The first-order chi connectivity index (χ1) is 18.5. The maximum atomic E-state index is 12.1. The van der Waals surface area contributed by atoms with Crippen molar-refractivity contribution in [3.05, 3.63) is 100 Å². The van der Waals surface area contributed by atoms with E-state index in [1.54, 1.807) is 12.1 Å². The number of nitrogens with one attached hydrogen (secondary N) is 2. The first kappa shape index (κ1) is 26.4. The van der Waals surface area contributed by atoms with Crippen molar-refractivity contribution in [1.82, 2.24) is 5.43 Å². The molecule has 0 saturated heterocycles. The van der Waals surface area contributed by atoms with Gasteiger partial charge in [0, 0.05) is 5.69 Å². The summed E-state index contributed by atoms with van der Waals surface area (Å²) in [5.41, 5.74) is 4.70. The summed E-state index contributed by atoms with van der Waals surface area (Å²) in [6.45, 7) is 2.64. The summed E-state index contributed by atoms with van der Waals surface area (Å²) in [7, 11) is 0. The van der Waals surface area contributed by atoms with Crippen LogP contribution in [0.5, 0.6) is 11.5 Å². The molecule has 0 saturated carbocycles. The van der Waals surface area contributed by atoms with Crippen LogP contribution < -0.4 is 20.2 Å². The smallest absolute Gasteiger partial charge is 0.329 e. The minimum absolute atomic E-state index is 0.345. The van der Waals surface area contributed by atoms with Crippen LogP contribution in [0.4, 0.5) is 5.69 Å². The zero-order valence-corrected chi connectivity index (χ0v) is 22.0. The van der Waals surface area contributed by atoms with Gasteiger partial charge >= 0.3 is 11.8 Å². The Kier molecular flexibility index (Phi) is 8.69. The number of ether oxygens (including phenoxy) is 2. The number of carbonyl (C=O) groups excluding carboxylic acids is 2. The molecule has 0 atom stereocenters. The number of halogens is 1.